The summed E-state index contributed by atoms with van der Waals surface area (Å²) in [4.78, 5) is 8.84. The van der Waals surface area contributed by atoms with E-state index < -0.39 is 0 Å². The summed E-state index contributed by atoms with van der Waals surface area (Å²) in [6.07, 6.45) is 0.961. The lowest BCUT2D eigenvalue weighted by Crippen LogP contribution is -2.37. The molecule has 0 saturated heterocycles. The largest absolute Gasteiger partial charge is 0.385 e. The Bertz CT molecular complexity index is 423. The van der Waals surface area contributed by atoms with Crippen molar-refractivity contribution in [2.45, 2.75) is 39.2 Å². The van der Waals surface area contributed by atoms with Gasteiger partial charge in [0.05, 0.1) is 12.2 Å². The van der Waals surface area contributed by atoms with Crippen molar-refractivity contribution in [3.8, 4) is 0 Å². The Morgan fingerprint density at radius 2 is 2.15 bits per heavy atom. The average Bonchev–Trinajstić information content (AvgIpc) is 2.87. The van der Waals surface area contributed by atoms with E-state index in [2.05, 4.69) is 46.8 Å². The maximum Gasteiger partial charge on any atom is 0.191 e. The number of aromatic nitrogens is 1. The fourth-order valence-electron chi connectivity index (χ4n) is 1.54. The van der Waals surface area contributed by atoms with E-state index in [-0.39, 0.29) is 5.41 Å². The van der Waals surface area contributed by atoms with Crippen LogP contribution in [0.2, 0.25) is 0 Å². The van der Waals surface area contributed by atoms with Gasteiger partial charge in [-0.05, 0) is 6.42 Å². The van der Waals surface area contributed by atoms with Crippen LogP contribution in [0.5, 0.6) is 0 Å². The van der Waals surface area contributed by atoms with Crippen LogP contribution in [0.15, 0.2) is 10.4 Å². The van der Waals surface area contributed by atoms with Crippen molar-refractivity contribution >= 4 is 17.3 Å². The zero-order valence-electron chi connectivity index (χ0n) is 13.1. The van der Waals surface area contributed by atoms with E-state index in [0.29, 0.717) is 6.54 Å². The molecule has 0 saturated carbocycles. The summed E-state index contributed by atoms with van der Waals surface area (Å²) >= 11 is 1.68. The summed E-state index contributed by atoms with van der Waals surface area (Å²) in [6.45, 7) is 8.83. The third-order valence-electron chi connectivity index (χ3n) is 2.77. The molecule has 114 valence electrons. The molecule has 1 aromatic heterocycles. The smallest absolute Gasteiger partial charge is 0.191 e. The van der Waals surface area contributed by atoms with Gasteiger partial charge in [-0.25, -0.2) is 4.98 Å². The number of nitrogens with zero attached hydrogens (tertiary/aromatic N) is 2. The highest BCUT2D eigenvalue weighted by Gasteiger charge is 2.17. The van der Waals surface area contributed by atoms with Gasteiger partial charge in [0.2, 0.25) is 0 Å². The van der Waals surface area contributed by atoms with Gasteiger partial charge in [0, 0.05) is 38.1 Å². The molecule has 1 heterocycles. The Kier molecular flexibility index (Phi) is 6.95. The average molecular weight is 298 g/mol. The van der Waals surface area contributed by atoms with E-state index in [4.69, 9.17) is 4.74 Å². The maximum atomic E-state index is 5.01. The first-order valence-corrected chi connectivity index (χ1v) is 7.73. The van der Waals surface area contributed by atoms with Crippen LogP contribution in [-0.2, 0) is 16.7 Å². The summed E-state index contributed by atoms with van der Waals surface area (Å²) in [5.41, 5.74) is 1.25. The molecule has 0 fully saturated rings. The standard InChI is InChI=1S/C14H26N4OS/c1-14(2,3)11-10-20-12(18-11)9-17-13(15-4)16-7-6-8-19-5/h10H,6-9H2,1-5H3,(H2,15,16,17). The molecule has 0 aliphatic carbocycles. The van der Waals surface area contributed by atoms with Crippen molar-refractivity contribution in [2.24, 2.45) is 4.99 Å². The van der Waals surface area contributed by atoms with E-state index >= 15 is 0 Å². The Hall–Kier alpha value is -1.14. The van der Waals surface area contributed by atoms with Gasteiger partial charge in [0.1, 0.15) is 5.01 Å². The molecule has 0 aliphatic heterocycles. The molecule has 0 radical (unpaired) electrons. The molecule has 0 aromatic carbocycles. The maximum absolute atomic E-state index is 5.01. The number of thiazole rings is 1. The summed E-state index contributed by atoms with van der Waals surface area (Å²) < 4.78 is 5.01. The van der Waals surface area contributed by atoms with Crippen LogP contribution in [-0.4, -0.2) is 38.3 Å². The van der Waals surface area contributed by atoms with Gasteiger partial charge in [-0.1, -0.05) is 20.8 Å². The van der Waals surface area contributed by atoms with Gasteiger partial charge in [-0.2, -0.15) is 0 Å². The molecule has 0 aliphatic rings. The molecule has 6 heteroatoms. The van der Waals surface area contributed by atoms with E-state index in [1.807, 2.05) is 0 Å². The van der Waals surface area contributed by atoms with Gasteiger partial charge in [0.25, 0.3) is 0 Å². The number of aliphatic imine (C=N–C) groups is 1. The Balaban J connectivity index is 2.39. The minimum Gasteiger partial charge on any atom is -0.385 e. The van der Waals surface area contributed by atoms with Crippen molar-refractivity contribution < 1.29 is 4.74 Å². The van der Waals surface area contributed by atoms with Crippen molar-refractivity contribution in [3.05, 3.63) is 16.1 Å². The number of rotatable bonds is 6. The van der Waals surface area contributed by atoms with Crippen molar-refractivity contribution in [1.29, 1.82) is 0 Å². The zero-order valence-corrected chi connectivity index (χ0v) is 13.9. The number of guanidine groups is 1. The molecule has 0 bridgehead atoms. The Morgan fingerprint density at radius 3 is 2.70 bits per heavy atom. The molecule has 2 N–H and O–H groups in total. The summed E-state index contributed by atoms with van der Waals surface area (Å²) in [6, 6.07) is 0. The van der Waals surface area contributed by atoms with Gasteiger partial charge in [0.15, 0.2) is 5.96 Å². The summed E-state index contributed by atoms with van der Waals surface area (Å²) in [5.74, 6) is 0.800. The Labute approximate surface area is 125 Å². The number of hydrogen-bond acceptors (Lipinski definition) is 4. The quantitative estimate of drug-likeness (QED) is 0.480. The van der Waals surface area contributed by atoms with Crippen LogP contribution in [0.1, 0.15) is 37.9 Å². The first-order chi connectivity index (χ1) is 9.47. The lowest BCUT2D eigenvalue weighted by Gasteiger charge is -2.14. The fraction of sp³-hybridized carbons (Fsp3) is 0.714. The molecule has 0 amide bonds. The lowest BCUT2D eigenvalue weighted by atomic mass is 9.93. The molecule has 0 unspecified atom stereocenters. The van der Waals surface area contributed by atoms with Crippen molar-refractivity contribution in [1.82, 2.24) is 15.6 Å². The monoisotopic (exact) mass is 298 g/mol. The molecule has 0 spiro atoms. The highest BCUT2D eigenvalue weighted by atomic mass is 32.1. The van der Waals surface area contributed by atoms with Gasteiger partial charge >= 0.3 is 0 Å². The molecule has 5 nitrogen and oxygen atoms in total. The van der Waals surface area contributed by atoms with Crippen LogP contribution in [0, 0.1) is 0 Å². The minimum absolute atomic E-state index is 0.106. The minimum atomic E-state index is 0.106. The summed E-state index contributed by atoms with van der Waals surface area (Å²) in [5, 5.41) is 9.73. The van der Waals surface area contributed by atoms with E-state index in [1.165, 1.54) is 0 Å². The lowest BCUT2D eigenvalue weighted by molar-refractivity contribution is 0.195. The van der Waals surface area contributed by atoms with Gasteiger partial charge in [-0.15, -0.1) is 11.3 Å². The molecule has 1 rings (SSSR count). The number of ether oxygens (including phenoxy) is 1. The normalized spacial score (nSPS) is 12.6. The predicted molar refractivity (Wildman–Crippen MR) is 85.5 cm³/mol. The Morgan fingerprint density at radius 1 is 1.40 bits per heavy atom. The SMILES string of the molecule is CN=C(NCCCOC)NCc1nc(C(C)(C)C)cs1. The molecular formula is C14H26N4OS. The molecule has 20 heavy (non-hydrogen) atoms. The molecule has 0 atom stereocenters. The second-order valence-corrected chi connectivity index (χ2v) is 6.52. The summed E-state index contributed by atoms with van der Waals surface area (Å²) in [7, 11) is 3.48. The highest BCUT2D eigenvalue weighted by Crippen LogP contribution is 2.23. The predicted octanol–water partition coefficient (Wildman–Crippen LogP) is 2.14. The molecular weight excluding hydrogens is 272 g/mol. The first-order valence-electron chi connectivity index (χ1n) is 6.85. The van der Waals surface area contributed by atoms with Crippen LogP contribution >= 0.6 is 11.3 Å². The van der Waals surface area contributed by atoms with Gasteiger partial charge < -0.3 is 15.4 Å². The first kappa shape index (κ1) is 16.9. The fourth-order valence-corrected chi connectivity index (χ4v) is 2.50. The second kappa shape index (κ2) is 8.21. The van der Waals surface area contributed by atoms with Crippen molar-refractivity contribution in [2.75, 3.05) is 27.3 Å². The van der Waals surface area contributed by atoms with E-state index in [0.717, 1.165) is 36.2 Å². The van der Waals surface area contributed by atoms with Crippen LogP contribution < -0.4 is 10.6 Å². The van der Waals surface area contributed by atoms with Crippen LogP contribution in [0.3, 0.4) is 0 Å². The third-order valence-corrected chi connectivity index (χ3v) is 3.62. The zero-order chi connectivity index (χ0) is 15.0. The third kappa shape index (κ3) is 5.88. The highest BCUT2D eigenvalue weighted by molar-refractivity contribution is 7.09. The van der Waals surface area contributed by atoms with Crippen LogP contribution in [0.4, 0.5) is 0 Å². The number of hydrogen-bond donors (Lipinski definition) is 2. The number of nitrogens with one attached hydrogen (secondary N) is 2. The van der Waals surface area contributed by atoms with Gasteiger partial charge in [-0.3, -0.25) is 4.99 Å². The topological polar surface area (TPSA) is 58.5 Å². The van der Waals surface area contributed by atoms with E-state index in [1.54, 1.807) is 25.5 Å². The molecule has 1 aromatic rings. The van der Waals surface area contributed by atoms with E-state index in [9.17, 15) is 0 Å². The van der Waals surface area contributed by atoms with Crippen LogP contribution in [0.25, 0.3) is 0 Å². The number of methoxy groups -OCH3 is 1. The second-order valence-electron chi connectivity index (χ2n) is 5.58. The van der Waals surface area contributed by atoms with Crippen molar-refractivity contribution in [3.63, 3.8) is 0 Å².